The van der Waals surface area contributed by atoms with Gasteiger partial charge in [0.25, 0.3) is 0 Å². The van der Waals surface area contributed by atoms with E-state index in [0.29, 0.717) is 18.5 Å². The number of nitrogens with zero attached hydrogens (tertiary/aromatic N) is 2. The lowest BCUT2D eigenvalue weighted by Gasteiger charge is -2.25. The fraction of sp³-hybridized carbons (Fsp3) is 0.632. The van der Waals surface area contributed by atoms with Gasteiger partial charge in [-0.25, -0.2) is 13.1 Å². The minimum absolute atomic E-state index is 0.0395. The fourth-order valence-corrected chi connectivity index (χ4v) is 5.04. The van der Waals surface area contributed by atoms with Crippen molar-refractivity contribution >= 4 is 16.0 Å². The van der Waals surface area contributed by atoms with Gasteiger partial charge in [0, 0.05) is 33.2 Å². The zero-order chi connectivity index (χ0) is 18.5. The summed E-state index contributed by atoms with van der Waals surface area (Å²) in [6.07, 6.45) is 6.54. The molecule has 2 fully saturated rings. The first-order valence-corrected chi connectivity index (χ1v) is 11.1. The van der Waals surface area contributed by atoms with Crippen LogP contribution in [0.3, 0.4) is 0 Å². The van der Waals surface area contributed by atoms with Crippen LogP contribution in [-0.2, 0) is 16.6 Å². The molecule has 2 N–H and O–H groups in total. The molecule has 0 radical (unpaired) electrons. The van der Waals surface area contributed by atoms with Crippen molar-refractivity contribution in [3.8, 4) is 0 Å². The van der Waals surface area contributed by atoms with E-state index in [2.05, 4.69) is 19.9 Å². The number of aliphatic imine (C=N–C) groups is 1. The Bertz CT molecular complexity index is 712. The highest BCUT2D eigenvalue weighted by Gasteiger charge is 2.41. The molecule has 3 rings (SSSR count). The molecule has 1 aromatic rings. The van der Waals surface area contributed by atoms with Crippen LogP contribution in [-0.4, -0.2) is 51.7 Å². The van der Waals surface area contributed by atoms with Gasteiger partial charge in [0.2, 0.25) is 10.0 Å². The van der Waals surface area contributed by atoms with Crippen LogP contribution in [0.1, 0.15) is 37.7 Å². The van der Waals surface area contributed by atoms with Crippen molar-refractivity contribution in [1.29, 1.82) is 0 Å². The average molecular weight is 379 g/mol. The van der Waals surface area contributed by atoms with E-state index in [4.69, 9.17) is 0 Å². The third-order valence-corrected chi connectivity index (χ3v) is 6.93. The number of rotatable bonds is 6. The van der Waals surface area contributed by atoms with Gasteiger partial charge in [0.15, 0.2) is 5.96 Å². The predicted molar refractivity (Wildman–Crippen MR) is 106 cm³/mol. The second-order valence-electron chi connectivity index (χ2n) is 7.48. The molecule has 0 bridgehead atoms. The van der Waals surface area contributed by atoms with Gasteiger partial charge in [-0.15, -0.1) is 0 Å². The molecule has 1 saturated heterocycles. The lowest BCUT2D eigenvalue weighted by Crippen LogP contribution is -2.43. The average Bonchev–Trinajstić information content (AvgIpc) is 3.28. The van der Waals surface area contributed by atoms with E-state index >= 15 is 0 Å². The van der Waals surface area contributed by atoms with Crippen LogP contribution in [0, 0.1) is 5.41 Å². The molecule has 1 spiro atoms. The van der Waals surface area contributed by atoms with Gasteiger partial charge >= 0.3 is 0 Å². The molecule has 1 aromatic carbocycles. The summed E-state index contributed by atoms with van der Waals surface area (Å²) in [7, 11) is -1.55. The van der Waals surface area contributed by atoms with Crippen LogP contribution in [0.2, 0.25) is 0 Å². The molecule has 144 valence electrons. The van der Waals surface area contributed by atoms with Gasteiger partial charge in [0.05, 0.1) is 5.75 Å². The predicted octanol–water partition coefficient (Wildman–Crippen LogP) is 1.95. The summed E-state index contributed by atoms with van der Waals surface area (Å²) in [6, 6.07) is 9.55. The Morgan fingerprint density at radius 1 is 1.19 bits per heavy atom. The Labute approximate surface area is 157 Å². The maximum absolute atomic E-state index is 12.2. The SMILES string of the molecule is CN=C(NCCS(=O)(=O)NCc1ccccc1)N1CCC2(CCCC2)C1. The van der Waals surface area contributed by atoms with Crippen LogP contribution < -0.4 is 10.0 Å². The summed E-state index contributed by atoms with van der Waals surface area (Å²) in [6.45, 7) is 2.75. The first kappa shape index (κ1) is 19.2. The van der Waals surface area contributed by atoms with Crippen LogP contribution in [0.15, 0.2) is 35.3 Å². The van der Waals surface area contributed by atoms with Crippen LogP contribution in [0.4, 0.5) is 0 Å². The lowest BCUT2D eigenvalue weighted by molar-refractivity contribution is 0.309. The number of hydrogen-bond donors (Lipinski definition) is 2. The monoisotopic (exact) mass is 378 g/mol. The van der Waals surface area contributed by atoms with E-state index in [9.17, 15) is 8.42 Å². The third-order valence-electron chi connectivity index (χ3n) is 5.61. The molecule has 0 unspecified atom stereocenters. The van der Waals surface area contributed by atoms with Crippen molar-refractivity contribution in [3.63, 3.8) is 0 Å². The third kappa shape index (κ3) is 4.98. The summed E-state index contributed by atoms with van der Waals surface area (Å²) in [5.74, 6) is 0.865. The quantitative estimate of drug-likeness (QED) is 0.586. The number of likely N-dealkylation sites (tertiary alicyclic amines) is 1. The van der Waals surface area contributed by atoms with Gasteiger partial charge in [-0.1, -0.05) is 43.2 Å². The molecular formula is C19H30N4O2S. The molecule has 1 heterocycles. The second-order valence-corrected chi connectivity index (χ2v) is 9.40. The summed E-state index contributed by atoms with van der Waals surface area (Å²) >= 11 is 0. The van der Waals surface area contributed by atoms with E-state index in [-0.39, 0.29) is 5.75 Å². The van der Waals surface area contributed by atoms with Gasteiger partial charge in [-0.3, -0.25) is 4.99 Å². The molecule has 2 aliphatic rings. The lowest BCUT2D eigenvalue weighted by atomic mass is 9.86. The molecule has 1 saturated carbocycles. The highest BCUT2D eigenvalue weighted by atomic mass is 32.2. The number of sulfonamides is 1. The molecule has 0 amide bonds. The molecule has 1 aliphatic heterocycles. The Kier molecular flexibility index (Phi) is 6.19. The Balaban J connectivity index is 1.44. The summed E-state index contributed by atoms with van der Waals surface area (Å²) in [5.41, 5.74) is 1.43. The van der Waals surface area contributed by atoms with Crippen molar-refractivity contribution in [2.75, 3.05) is 32.4 Å². The van der Waals surface area contributed by atoms with Crippen molar-refractivity contribution in [3.05, 3.63) is 35.9 Å². The molecule has 0 aromatic heterocycles. The summed E-state index contributed by atoms with van der Waals surface area (Å²) in [4.78, 5) is 6.64. The van der Waals surface area contributed by atoms with Crippen LogP contribution in [0.5, 0.6) is 0 Å². The second kappa shape index (κ2) is 8.39. The van der Waals surface area contributed by atoms with E-state index in [0.717, 1.165) is 24.6 Å². The van der Waals surface area contributed by atoms with Gasteiger partial charge in [-0.2, -0.15) is 0 Å². The topological polar surface area (TPSA) is 73.8 Å². The maximum Gasteiger partial charge on any atom is 0.213 e. The molecule has 7 heteroatoms. The van der Waals surface area contributed by atoms with Crippen molar-refractivity contribution in [2.45, 2.75) is 38.6 Å². The van der Waals surface area contributed by atoms with E-state index in [1.54, 1.807) is 7.05 Å². The van der Waals surface area contributed by atoms with E-state index in [1.807, 2.05) is 30.3 Å². The minimum atomic E-state index is -3.32. The van der Waals surface area contributed by atoms with Crippen molar-refractivity contribution in [2.24, 2.45) is 10.4 Å². The van der Waals surface area contributed by atoms with Crippen molar-refractivity contribution < 1.29 is 8.42 Å². The standard InChI is InChI=1S/C19H30N4O2S/c1-20-18(23-13-11-19(16-23)9-5-6-10-19)21-12-14-26(24,25)22-15-17-7-3-2-4-8-17/h2-4,7-8,22H,5-6,9-16H2,1H3,(H,20,21). The zero-order valence-electron chi connectivity index (χ0n) is 15.6. The molecular weight excluding hydrogens is 348 g/mol. The van der Waals surface area contributed by atoms with E-state index < -0.39 is 10.0 Å². The van der Waals surface area contributed by atoms with Gasteiger partial charge in [-0.05, 0) is 30.2 Å². The smallest absolute Gasteiger partial charge is 0.213 e. The number of nitrogens with one attached hydrogen (secondary N) is 2. The number of guanidine groups is 1. The normalized spacial score (nSPS) is 20.0. The van der Waals surface area contributed by atoms with Gasteiger partial charge < -0.3 is 10.2 Å². The highest BCUT2D eigenvalue weighted by Crippen LogP contribution is 2.45. The Morgan fingerprint density at radius 3 is 2.62 bits per heavy atom. The largest absolute Gasteiger partial charge is 0.355 e. The molecule has 0 atom stereocenters. The molecule has 26 heavy (non-hydrogen) atoms. The van der Waals surface area contributed by atoms with Crippen LogP contribution >= 0.6 is 0 Å². The maximum atomic E-state index is 12.2. The highest BCUT2D eigenvalue weighted by molar-refractivity contribution is 7.89. The first-order chi connectivity index (χ1) is 12.5. The summed E-state index contributed by atoms with van der Waals surface area (Å²) in [5, 5.41) is 3.23. The van der Waals surface area contributed by atoms with Crippen LogP contribution in [0.25, 0.3) is 0 Å². The fourth-order valence-electron chi connectivity index (χ4n) is 4.14. The molecule has 6 nitrogen and oxygen atoms in total. The summed E-state index contributed by atoms with van der Waals surface area (Å²) < 4.78 is 27.0. The van der Waals surface area contributed by atoms with E-state index in [1.165, 1.54) is 32.1 Å². The first-order valence-electron chi connectivity index (χ1n) is 9.49. The van der Waals surface area contributed by atoms with Crippen molar-refractivity contribution in [1.82, 2.24) is 14.9 Å². The molecule has 1 aliphatic carbocycles. The number of benzene rings is 1. The Morgan fingerprint density at radius 2 is 1.92 bits per heavy atom. The minimum Gasteiger partial charge on any atom is -0.355 e. The number of hydrogen-bond acceptors (Lipinski definition) is 3. The zero-order valence-corrected chi connectivity index (χ0v) is 16.4. The Hall–Kier alpha value is -1.60. The van der Waals surface area contributed by atoms with Gasteiger partial charge in [0.1, 0.15) is 0 Å².